The van der Waals surface area contributed by atoms with Crippen LogP contribution in [0, 0.1) is 6.92 Å². The maximum atomic E-state index is 10.4. The van der Waals surface area contributed by atoms with Gasteiger partial charge in [0.15, 0.2) is 0 Å². The van der Waals surface area contributed by atoms with Crippen LogP contribution in [0.2, 0.25) is 5.02 Å². The van der Waals surface area contributed by atoms with Crippen molar-refractivity contribution in [1.82, 2.24) is 15.4 Å². The van der Waals surface area contributed by atoms with E-state index in [0.717, 1.165) is 48.8 Å². The molecule has 0 spiro atoms. The van der Waals surface area contributed by atoms with E-state index < -0.39 is 0 Å². The largest absolute Gasteiger partial charge is 0.299 e. The first-order valence-corrected chi connectivity index (χ1v) is 12.3. The minimum atomic E-state index is 0.324. The molecule has 0 saturated carbocycles. The van der Waals surface area contributed by atoms with Crippen LogP contribution in [0.4, 0.5) is 0 Å². The first kappa shape index (κ1) is 23.8. The Morgan fingerprint density at radius 1 is 1.09 bits per heavy atom. The van der Waals surface area contributed by atoms with Crippen LogP contribution in [-0.2, 0) is 22.8 Å². The summed E-state index contributed by atoms with van der Waals surface area (Å²) < 4.78 is 0. The highest BCUT2D eigenvalue weighted by Crippen LogP contribution is 2.32. The standard InChI is InChI=1S/C26H28ClN3O2S/c1-19-26(14-21(15-28-19)17-32-29-18-31)22-10-12-30(13-11-22)16-20-2-6-24(7-3-20)33-25-8-4-23(27)5-9-25/h2-9,14-15,18,22H,10-13,16-17H2,1H3,(H,29,31). The number of likely N-dealkylation sites (tertiary alicyclic amines) is 1. The number of aromatic nitrogens is 1. The molecule has 0 aliphatic carbocycles. The summed E-state index contributed by atoms with van der Waals surface area (Å²) in [5.41, 5.74) is 6.93. The van der Waals surface area contributed by atoms with Crippen molar-refractivity contribution in [3.63, 3.8) is 0 Å². The third-order valence-corrected chi connectivity index (χ3v) is 7.23. The van der Waals surface area contributed by atoms with Crippen molar-refractivity contribution in [2.75, 3.05) is 13.1 Å². The molecule has 2 aromatic carbocycles. The van der Waals surface area contributed by atoms with Gasteiger partial charge in [0.05, 0.1) is 0 Å². The highest BCUT2D eigenvalue weighted by molar-refractivity contribution is 7.99. The van der Waals surface area contributed by atoms with Crippen molar-refractivity contribution in [2.24, 2.45) is 0 Å². The number of piperidine rings is 1. The second kappa shape index (κ2) is 11.7. The van der Waals surface area contributed by atoms with Gasteiger partial charge in [0.1, 0.15) is 6.61 Å². The highest BCUT2D eigenvalue weighted by Gasteiger charge is 2.22. The Labute approximate surface area is 204 Å². The number of carbonyl (C=O) groups excluding carboxylic acids is 1. The van der Waals surface area contributed by atoms with Crippen molar-refractivity contribution in [3.8, 4) is 0 Å². The Balaban J connectivity index is 1.29. The number of hydrogen-bond acceptors (Lipinski definition) is 5. The van der Waals surface area contributed by atoms with Crippen LogP contribution >= 0.6 is 23.4 Å². The van der Waals surface area contributed by atoms with Gasteiger partial charge in [0, 0.05) is 33.2 Å². The summed E-state index contributed by atoms with van der Waals surface area (Å²) >= 11 is 7.72. The van der Waals surface area contributed by atoms with Crippen molar-refractivity contribution < 1.29 is 9.63 Å². The number of rotatable bonds is 9. The average molecular weight is 482 g/mol. The number of nitrogens with zero attached hydrogens (tertiary/aromatic N) is 2. The molecule has 33 heavy (non-hydrogen) atoms. The van der Waals surface area contributed by atoms with Gasteiger partial charge < -0.3 is 0 Å². The summed E-state index contributed by atoms with van der Waals surface area (Å²) in [6.07, 6.45) is 4.58. The van der Waals surface area contributed by atoms with E-state index in [1.54, 1.807) is 11.8 Å². The van der Waals surface area contributed by atoms with E-state index in [0.29, 0.717) is 18.9 Å². The third kappa shape index (κ3) is 6.81. The van der Waals surface area contributed by atoms with Gasteiger partial charge in [-0.1, -0.05) is 35.5 Å². The van der Waals surface area contributed by atoms with E-state index in [9.17, 15) is 4.79 Å². The number of halogens is 1. The predicted octanol–water partition coefficient (Wildman–Crippen LogP) is 5.75. The number of hydroxylamine groups is 1. The van der Waals surface area contributed by atoms with E-state index in [1.165, 1.54) is 20.9 Å². The second-order valence-corrected chi connectivity index (χ2v) is 9.88. The maximum Gasteiger partial charge on any atom is 0.230 e. The SMILES string of the molecule is Cc1ncc(CONC=O)cc1C1CCN(Cc2ccc(Sc3ccc(Cl)cc3)cc2)CC1. The van der Waals surface area contributed by atoms with Gasteiger partial charge in [-0.3, -0.25) is 19.5 Å². The van der Waals surface area contributed by atoms with E-state index in [2.05, 4.69) is 52.6 Å². The number of aryl methyl sites for hydroxylation is 1. The van der Waals surface area contributed by atoms with Crippen LogP contribution in [0.3, 0.4) is 0 Å². The molecule has 0 atom stereocenters. The molecule has 1 amide bonds. The summed E-state index contributed by atoms with van der Waals surface area (Å²) in [4.78, 5) is 25.0. The first-order valence-electron chi connectivity index (χ1n) is 11.1. The quantitative estimate of drug-likeness (QED) is 0.239. The fourth-order valence-electron chi connectivity index (χ4n) is 4.21. The number of nitrogens with one attached hydrogen (secondary N) is 1. The summed E-state index contributed by atoms with van der Waals surface area (Å²) in [5, 5.41) is 0.763. The van der Waals surface area contributed by atoms with E-state index in [4.69, 9.17) is 16.4 Å². The number of amides is 1. The number of hydrogen-bond donors (Lipinski definition) is 1. The number of benzene rings is 2. The van der Waals surface area contributed by atoms with Crippen LogP contribution in [-0.4, -0.2) is 29.4 Å². The Bertz CT molecular complexity index is 1050. The Morgan fingerprint density at radius 2 is 1.76 bits per heavy atom. The average Bonchev–Trinajstić information content (AvgIpc) is 2.84. The number of pyridine rings is 1. The van der Waals surface area contributed by atoms with E-state index in [1.807, 2.05) is 30.5 Å². The zero-order valence-corrected chi connectivity index (χ0v) is 20.2. The number of carbonyl (C=O) groups is 1. The molecule has 1 aromatic heterocycles. The molecule has 0 bridgehead atoms. The Hall–Kier alpha value is -2.38. The van der Waals surface area contributed by atoms with Crippen molar-refractivity contribution in [3.05, 3.63) is 88.2 Å². The van der Waals surface area contributed by atoms with Crippen molar-refractivity contribution >= 4 is 29.8 Å². The molecule has 1 aliphatic rings. The molecule has 0 unspecified atom stereocenters. The monoisotopic (exact) mass is 481 g/mol. The van der Waals surface area contributed by atoms with Gasteiger partial charge in [-0.15, -0.1) is 0 Å². The molecule has 1 fully saturated rings. The molecule has 1 aliphatic heterocycles. The molecule has 1 saturated heterocycles. The first-order chi connectivity index (χ1) is 16.1. The highest BCUT2D eigenvalue weighted by atomic mass is 35.5. The van der Waals surface area contributed by atoms with Crippen molar-refractivity contribution in [2.45, 2.75) is 48.6 Å². The smallest absolute Gasteiger partial charge is 0.230 e. The zero-order chi connectivity index (χ0) is 23.0. The minimum absolute atomic E-state index is 0.324. The molecule has 172 valence electrons. The van der Waals surface area contributed by atoms with E-state index in [-0.39, 0.29) is 0 Å². The fourth-order valence-corrected chi connectivity index (χ4v) is 5.15. The van der Waals surface area contributed by atoms with Gasteiger partial charge in [-0.25, -0.2) is 5.48 Å². The molecule has 5 nitrogen and oxygen atoms in total. The van der Waals surface area contributed by atoms with Gasteiger partial charge in [-0.05, 0) is 97.9 Å². The van der Waals surface area contributed by atoms with Crippen LogP contribution < -0.4 is 5.48 Å². The lowest BCUT2D eigenvalue weighted by Gasteiger charge is -2.32. The fraction of sp³-hybridized carbons (Fsp3) is 0.308. The molecule has 3 aromatic rings. The summed E-state index contributed by atoms with van der Waals surface area (Å²) in [5.74, 6) is 0.505. The lowest BCUT2D eigenvalue weighted by atomic mass is 9.88. The van der Waals surface area contributed by atoms with Crippen LogP contribution in [0.25, 0.3) is 0 Å². The van der Waals surface area contributed by atoms with Gasteiger partial charge in [-0.2, -0.15) is 0 Å². The van der Waals surface area contributed by atoms with Gasteiger partial charge >= 0.3 is 0 Å². The lowest BCUT2D eigenvalue weighted by molar-refractivity contribution is -0.121. The molecular formula is C26H28ClN3O2S. The normalized spacial score (nSPS) is 14.8. The van der Waals surface area contributed by atoms with Gasteiger partial charge in [0.2, 0.25) is 6.41 Å². The molecule has 1 N–H and O–H groups in total. The van der Waals surface area contributed by atoms with E-state index >= 15 is 0 Å². The summed E-state index contributed by atoms with van der Waals surface area (Å²) in [6.45, 7) is 5.50. The topological polar surface area (TPSA) is 54.5 Å². The summed E-state index contributed by atoms with van der Waals surface area (Å²) in [6, 6.07) is 19.0. The van der Waals surface area contributed by atoms with Gasteiger partial charge in [0.25, 0.3) is 0 Å². The molecule has 7 heteroatoms. The van der Waals surface area contributed by atoms with Crippen LogP contribution in [0.5, 0.6) is 0 Å². The summed E-state index contributed by atoms with van der Waals surface area (Å²) in [7, 11) is 0. The zero-order valence-electron chi connectivity index (χ0n) is 18.7. The lowest BCUT2D eigenvalue weighted by Crippen LogP contribution is -2.32. The Kier molecular flexibility index (Phi) is 8.40. The van der Waals surface area contributed by atoms with Crippen LogP contribution in [0.15, 0.2) is 70.6 Å². The molecule has 2 heterocycles. The third-order valence-electron chi connectivity index (χ3n) is 5.96. The minimum Gasteiger partial charge on any atom is -0.299 e. The maximum absolute atomic E-state index is 10.4. The molecule has 0 radical (unpaired) electrons. The predicted molar refractivity (Wildman–Crippen MR) is 132 cm³/mol. The second-order valence-electron chi connectivity index (χ2n) is 8.29. The molecular weight excluding hydrogens is 454 g/mol. The van der Waals surface area contributed by atoms with Crippen molar-refractivity contribution in [1.29, 1.82) is 0 Å². The van der Waals surface area contributed by atoms with Crippen LogP contribution in [0.1, 0.15) is 41.1 Å². The molecule has 4 rings (SSSR count). The Morgan fingerprint density at radius 3 is 2.42 bits per heavy atom.